The lowest BCUT2D eigenvalue weighted by atomic mass is 9.36. The van der Waals surface area contributed by atoms with Crippen LogP contribution in [0.4, 0.5) is 22.7 Å². The fourth-order valence-electron chi connectivity index (χ4n) is 11.5. The van der Waals surface area contributed by atoms with Gasteiger partial charge in [-0.05, 0) is 141 Å². The number of hydrogen-bond donors (Lipinski definition) is 2. The van der Waals surface area contributed by atoms with Gasteiger partial charge in [-0.25, -0.2) is 0 Å². The molecule has 64 heavy (non-hydrogen) atoms. The molecule has 0 aliphatic carbocycles. The highest BCUT2D eigenvalue weighted by Gasteiger charge is 2.42. The van der Waals surface area contributed by atoms with Crippen molar-refractivity contribution >= 4 is 131 Å². The first-order valence-corrected chi connectivity index (χ1v) is 23.6. The summed E-state index contributed by atoms with van der Waals surface area (Å²) in [6.45, 7) is 4.58. The van der Waals surface area contributed by atoms with Crippen LogP contribution in [0.15, 0.2) is 176 Å². The molecule has 0 radical (unpaired) electrons. The molecule has 2 N–H and O–H groups in total. The van der Waals surface area contributed by atoms with Gasteiger partial charge in [0.2, 0.25) is 0 Å². The number of aryl methyl sites for hydroxylation is 2. The second kappa shape index (κ2) is 13.6. The van der Waals surface area contributed by atoms with E-state index < -0.39 is 0 Å². The Bertz CT molecular complexity index is 3930. The van der Waals surface area contributed by atoms with Crippen LogP contribution in [-0.2, 0) is 12.8 Å². The third-order valence-electron chi connectivity index (χ3n) is 14.6. The fourth-order valence-corrected chi connectivity index (χ4v) is 12.8. The first kappa shape index (κ1) is 36.1. The molecule has 14 rings (SSSR count). The van der Waals surface area contributed by atoms with Gasteiger partial charge in [-0.2, -0.15) is 0 Å². The molecule has 1 aromatic heterocycles. The van der Waals surface area contributed by atoms with Crippen molar-refractivity contribution in [3.63, 3.8) is 0 Å². The standard InChI is InChI=1S/C60H41BN2S/c1-3-34-25-29-54-51(30-34)59-60(64-54)61-52-31-35(4-2)24-28-53(52)62-57-48(36-26-27-44-39-16-6-5-14-37(39)38-15-8-10-20-43(38)49(44)32-36)33-50(58(63-59)56(57)61)47-23-13-22-46-42-18-9-7-17-40(42)41-19-11-12-21-45(41)55(46)47/h5-33,62-63H,3-4H2,1-2H3. The molecule has 0 bridgehead atoms. The molecule has 0 spiro atoms. The van der Waals surface area contributed by atoms with Crippen LogP contribution in [0.5, 0.6) is 0 Å². The number of nitrogens with one attached hydrogen (secondary N) is 2. The van der Waals surface area contributed by atoms with Gasteiger partial charge >= 0.3 is 0 Å². The van der Waals surface area contributed by atoms with Crippen LogP contribution < -0.4 is 26.3 Å². The maximum absolute atomic E-state index is 4.25. The summed E-state index contributed by atoms with van der Waals surface area (Å²) >= 11 is 1.96. The molecule has 2 aliphatic rings. The second-order valence-corrected chi connectivity index (χ2v) is 18.9. The molecule has 2 nitrogen and oxygen atoms in total. The van der Waals surface area contributed by atoms with Crippen molar-refractivity contribution in [3.8, 4) is 22.3 Å². The van der Waals surface area contributed by atoms with E-state index in [1.807, 2.05) is 11.3 Å². The molecule has 0 saturated carbocycles. The molecule has 0 amide bonds. The summed E-state index contributed by atoms with van der Waals surface area (Å²) in [5.41, 5.74) is 15.1. The van der Waals surface area contributed by atoms with Gasteiger partial charge in [0.05, 0.1) is 5.69 Å². The number of fused-ring (bicyclic) bond motifs is 18. The molecule has 0 atom stereocenters. The van der Waals surface area contributed by atoms with E-state index in [1.165, 1.54) is 147 Å². The van der Waals surface area contributed by atoms with E-state index in [2.05, 4.69) is 200 Å². The minimum absolute atomic E-state index is 0.0444. The van der Waals surface area contributed by atoms with Crippen LogP contribution in [0.1, 0.15) is 25.0 Å². The zero-order chi connectivity index (χ0) is 42.2. The average Bonchev–Trinajstić information content (AvgIpc) is 3.73. The summed E-state index contributed by atoms with van der Waals surface area (Å²) in [6, 6.07) is 66.7. The van der Waals surface area contributed by atoms with E-state index >= 15 is 0 Å². The summed E-state index contributed by atoms with van der Waals surface area (Å²) in [7, 11) is 0. The zero-order valence-electron chi connectivity index (χ0n) is 35.6. The minimum atomic E-state index is 0.0444. The van der Waals surface area contributed by atoms with Gasteiger partial charge in [0.1, 0.15) is 0 Å². The highest BCUT2D eigenvalue weighted by Crippen LogP contribution is 2.49. The maximum atomic E-state index is 4.25. The SMILES string of the molecule is CCc1ccc2c(c1)B1c3sc4ccc(CC)cc4c3Nc3c(-c4cccc5c6ccccc6c6ccccc6c45)cc(-c4ccc5c6ccccc6c6ccccc6c5c4)c(c31)N2. The highest BCUT2D eigenvalue weighted by atomic mass is 32.1. The van der Waals surface area contributed by atoms with E-state index in [4.69, 9.17) is 0 Å². The molecule has 4 heteroatoms. The largest absolute Gasteiger partial charge is 0.356 e. The van der Waals surface area contributed by atoms with Gasteiger partial charge in [-0.1, -0.05) is 159 Å². The molecule has 300 valence electrons. The Labute approximate surface area is 375 Å². The summed E-state index contributed by atoms with van der Waals surface area (Å²) < 4.78 is 2.72. The summed E-state index contributed by atoms with van der Waals surface area (Å²) in [5.74, 6) is 0. The van der Waals surface area contributed by atoms with Crippen molar-refractivity contribution in [1.82, 2.24) is 0 Å². The number of anilines is 4. The van der Waals surface area contributed by atoms with Crippen molar-refractivity contribution in [1.29, 1.82) is 0 Å². The van der Waals surface area contributed by atoms with Crippen LogP contribution >= 0.6 is 11.3 Å². The van der Waals surface area contributed by atoms with Crippen LogP contribution in [0.3, 0.4) is 0 Å². The quantitative estimate of drug-likeness (QED) is 0.136. The first-order chi connectivity index (χ1) is 31.6. The number of thiophene rings is 1. The third kappa shape index (κ3) is 4.97. The Morgan fingerprint density at radius 2 is 0.953 bits per heavy atom. The normalized spacial score (nSPS) is 12.9. The van der Waals surface area contributed by atoms with Crippen LogP contribution in [0.25, 0.3) is 97.0 Å². The third-order valence-corrected chi connectivity index (χ3v) is 15.8. The van der Waals surface area contributed by atoms with Crippen molar-refractivity contribution in [2.45, 2.75) is 26.7 Å². The van der Waals surface area contributed by atoms with E-state index in [0.717, 1.165) is 12.8 Å². The van der Waals surface area contributed by atoms with E-state index in [0.29, 0.717) is 0 Å². The molecule has 2 aliphatic heterocycles. The van der Waals surface area contributed by atoms with Crippen LogP contribution in [-0.4, -0.2) is 6.71 Å². The molecule has 11 aromatic carbocycles. The Kier molecular flexibility index (Phi) is 7.65. The molecular formula is C60H41BN2S. The predicted molar refractivity (Wildman–Crippen MR) is 281 cm³/mol. The van der Waals surface area contributed by atoms with Gasteiger partial charge in [0.15, 0.2) is 0 Å². The molecule has 0 saturated heterocycles. The zero-order valence-corrected chi connectivity index (χ0v) is 36.5. The number of hydrogen-bond acceptors (Lipinski definition) is 3. The smallest absolute Gasteiger partial charge is 0.264 e. The minimum Gasteiger partial charge on any atom is -0.356 e. The van der Waals surface area contributed by atoms with Crippen molar-refractivity contribution < 1.29 is 0 Å². The fraction of sp³-hybridized carbons (Fsp3) is 0.0667. The Morgan fingerprint density at radius 1 is 0.406 bits per heavy atom. The van der Waals surface area contributed by atoms with Gasteiger partial charge in [-0.3, -0.25) is 0 Å². The molecule has 0 fully saturated rings. The average molecular weight is 833 g/mol. The van der Waals surface area contributed by atoms with Crippen molar-refractivity contribution in [2.24, 2.45) is 0 Å². The summed E-state index contributed by atoms with van der Waals surface area (Å²) in [5, 5.41) is 25.1. The lowest BCUT2D eigenvalue weighted by Gasteiger charge is -2.36. The maximum Gasteiger partial charge on any atom is 0.264 e. The Hall–Kier alpha value is -7.40. The number of rotatable bonds is 4. The highest BCUT2D eigenvalue weighted by molar-refractivity contribution is 7.33. The van der Waals surface area contributed by atoms with E-state index in [1.54, 1.807) is 0 Å². The van der Waals surface area contributed by atoms with Gasteiger partial charge in [-0.15, -0.1) is 11.3 Å². The molecular weight excluding hydrogens is 792 g/mol. The van der Waals surface area contributed by atoms with E-state index in [9.17, 15) is 0 Å². The summed E-state index contributed by atoms with van der Waals surface area (Å²) in [6.07, 6.45) is 1.99. The first-order valence-electron chi connectivity index (χ1n) is 22.7. The van der Waals surface area contributed by atoms with Gasteiger partial charge in [0.25, 0.3) is 6.71 Å². The lowest BCUT2D eigenvalue weighted by Crippen LogP contribution is -2.58. The van der Waals surface area contributed by atoms with Gasteiger partial charge < -0.3 is 10.6 Å². The second-order valence-electron chi connectivity index (χ2n) is 17.8. The van der Waals surface area contributed by atoms with Crippen molar-refractivity contribution in [2.75, 3.05) is 10.6 Å². The van der Waals surface area contributed by atoms with E-state index in [-0.39, 0.29) is 6.71 Å². The molecule has 3 heterocycles. The molecule has 12 aromatic rings. The molecule has 0 unspecified atom stereocenters. The monoisotopic (exact) mass is 832 g/mol. The van der Waals surface area contributed by atoms with Gasteiger partial charge in [0, 0.05) is 43.1 Å². The predicted octanol–water partition coefficient (Wildman–Crippen LogP) is 14.9. The lowest BCUT2D eigenvalue weighted by molar-refractivity contribution is 1.14. The Balaban J connectivity index is 1.15. The Morgan fingerprint density at radius 3 is 1.61 bits per heavy atom. The topological polar surface area (TPSA) is 24.1 Å². The van der Waals surface area contributed by atoms with Crippen LogP contribution in [0.2, 0.25) is 0 Å². The number of benzene rings is 11. The van der Waals surface area contributed by atoms with Crippen molar-refractivity contribution in [3.05, 3.63) is 187 Å². The van der Waals surface area contributed by atoms with Crippen LogP contribution in [0, 0.1) is 0 Å². The summed E-state index contributed by atoms with van der Waals surface area (Å²) in [4.78, 5) is 0.